The summed E-state index contributed by atoms with van der Waals surface area (Å²) in [7, 11) is 2.01. The number of nitrogens with two attached hydrogens (primary N) is 1. The van der Waals surface area contributed by atoms with Gasteiger partial charge in [0.1, 0.15) is 0 Å². The van der Waals surface area contributed by atoms with Gasteiger partial charge in [-0.15, -0.1) is 0 Å². The van der Waals surface area contributed by atoms with Crippen molar-refractivity contribution in [3.8, 4) is 0 Å². The highest BCUT2D eigenvalue weighted by Crippen LogP contribution is 2.23. The molecule has 0 heterocycles. The number of nitrogen functional groups attached to an aromatic ring is 1. The van der Waals surface area contributed by atoms with Crippen LogP contribution in [0.2, 0.25) is 0 Å². The first-order chi connectivity index (χ1) is 5.79. The van der Waals surface area contributed by atoms with E-state index in [1.807, 2.05) is 13.1 Å². The molecule has 1 unspecified atom stereocenters. The van der Waals surface area contributed by atoms with Gasteiger partial charge in [0.15, 0.2) is 0 Å². The lowest BCUT2D eigenvalue weighted by Gasteiger charge is -2.04. The molecule has 1 aliphatic carbocycles. The number of fused-ring (bicyclic) bond motifs is 1. The molecule has 0 aliphatic heterocycles. The zero-order valence-electron chi connectivity index (χ0n) is 7.30. The molecule has 0 saturated heterocycles. The van der Waals surface area contributed by atoms with E-state index in [0.29, 0.717) is 6.04 Å². The number of benzene rings is 1. The fourth-order valence-corrected chi connectivity index (χ4v) is 1.84. The summed E-state index contributed by atoms with van der Waals surface area (Å²) in [6.45, 7) is 0. The molecular formula is C10H14N2. The number of anilines is 1. The molecule has 0 aromatic heterocycles. The van der Waals surface area contributed by atoms with Gasteiger partial charge in [-0.1, -0.05) is 6.07 Å². The summed E-state index contributed by atoms with van der Waals surface area (Å²) in [6.07, 6.45) is 2.27. The Kier molecular flexibility index (Phi) is 1.77. The van der Waals surface area contributed by atoms with Crippen molar-refractivity contribution in [1.82, 2.24) is 5.32 Å². The van der Waals surface area contributed by atoms with Crippen molar-refractivity contribution < 1.29 is 0 Å². The maximum Gasteiger partial charge on any atom is 0.0316 e. The van der Waals surface area contributed by atoms with Crippen LogP contribution in [-0.2, 0) is 12.8 Å². The second kappa shape index (κ2) is 2.79. The minimum atomic E-state index is 0.613. The van der Waals surface area contributed by atoms with Crippen LogP contribution in [0, 0.1) is 0 Å². The Morgan fingerprint density at radius 3 is 2.83 bits per heavy atom. The van der Waals surface area contributed by atoms with Crippen molar-refractivity contribution in [1.29, 1.82) is 0 Å². The smallest absolute Gasteiger partial charge is 0.0316 e. The molecule has 1 atom stereocenters. The van der Waals surface area contributed by atoms with Crippen LogP contribution in [0.1, 0.15) is 11.1 Å². The quantitative estimate of drug-likeness (QED) is 0.603. The second-order valence-electron chi connectivity index (χ2n) is 3.42. The first-order valence-electron chi connectivity index (χ1n) is 4.34. The van der Waals surface area contributed by atoms with E-state index < -0.39 is 0 Å². The topological polar surface area (TPSA) is 38.0 Å². The van der Waals surface area contributed by atoms with Gasteiger partial charge in [-0.25, -0.2) is 0 Å². The maximum absolute atomic E-state index is 5.70. The Morgan fingerprint density at radius 2 is 2.08 bits per heavy atom. The van der Waals surface area contributed by atoms with Crippen molar-refractivity contribution in [2.24, 2.45) is 0 Å². The van der Waals surface area contributed by atoms with Gasteiger partial charge in [-0.05, 0) is 43.1 Å². The first-order valence-corrected chi connectivity index (χ1v) is 4.34. The third-order valence-corrected chi connectivity index (χ3v) is 2.57. The van der Waals surface area contributed by atoms with Crippen LogP contribution in [0.25, 0.3) is 0 Å². The van der Waals surface area contributed by atoms with Crippen LogP contribution in [0.4, 0.5) is 5.69 Å². The molecule has 1 aliphatic rings. The predicted molar refractivity (Wildman–Crippen MR) is 51.1 cm³/mol. The van der Waals surface area contributed by atoms with E-state index in [1.54, 1.807) is 0 Å². The molecule has 0 fully saturated rings. The highest BCUT2D eigenvalue weighted by atomic mass is 14.9. The van der Waals surface area contributed by atoms with Crippen LogP contribution in [0.3, 0.4) is 0 Å². The molecule has 64 valence electrons. The summed E-state index contributed by atoms with van der Waals surface area (Å²) >= 11 is 0. The Hall–Kier alpha value is -1.02. The number of rotatable bonds is 1. The minimum Gasteiger partial charge on any atom is -0.399 e. The van der Waals surface area contributed by atoms with E-state index >= 15 is 0 Å². The largest absolute Gasteiger partial charge is 0.399 e. The molecule has 2 heteroatoms. The summed E-state index contributed by atoms with van der Waals surface area (Å²) in [5.41, 5.74) is 9.44. The average molecular weight is 162 g/mol. The summed E-state index contributed by atoms with van der Waals surface area (Å²) < 4.78 is 0. The van der Waals surface area contributed by atoms with Gasteiger partial charge < -0.3 is 11.1 Å². The number of likely N-dealkylation sites (N-methyl/N-ethyl adjacent to an activating group) is 1. The first kappa shape index (κ1) is 7.62. The molecule has 0 amide bonds. The van der Waals surface area contributed by atoms with Crippen molar-refractivity contribution in [3.63, 3.8) is 0 Å². The van der Waals surface area contributed by atoms with Gasteiger partial charge in [-0.2, -0.15) is 0 Å². The summed E-state index contributed by atoms with van der Waals surface area (Å²) in [5, 5.41) is 3.29. The molecule has 12 heavy (non-hydrogen) atoms. The molecule has 2 rings (SSSR count). The number of nitrogens with one attached hydrogen (secondary N) is 1. The highest BCUT2D eigenvalue weighted by Gasteiger charge is 2.19. The standard InChI is InChI=1S/C10H14N2/c1-12-10-5-7-2-3-9(11)4-8(7)6-10/h2-4,10,12H,5-6,11H2,1H3. The number of hydrogen-bond donors (Lipinski definition) is 2. The molecule has 2 nitrogen and oxygen atoms in total. The molecule has 1 aromatic rings. The summed E-state index contributed by atoms with van der Waals surface area (Å²) in [4.78, 5) is 0. The molecule has 0 saturated carbocycles. The minimum absolute atomic E-state index is 0.613. The molecule has 3 N–H and O–H groups in total. The summed E-state index contributed by atoms with van der Waals surface area (Å²) in [6, 6.07) is 6.83. The maximum atomic E-state index is 5.70. The van der Waals surface area contributed by atoms with E-state index in [4.69, 9.17) is 5.73 Å². The van der Waals surface area contributed by atoms with Crippen LogP contribution >= 0.6 is 0 Å². The fraction of sp³-hybridized carbons (Fsp3) is 0.400. The van der Waals surface area contributed by atoms with Gasteiger partial charge in [-0.3, -0.25) is 0 Å². The van der Waals surface area contributed by atoms with E-state index in [0.717, 1.165) is 18.5 Å². The Labute approximate surface area is 72.8 Å². The third-order valence-electron chi connectivity index (χ3n) is 2.57. The van der Waals surface area contributed by atoms with Gasteiger partial charge in [0.2, 0.25) is 0 Å². The van der Waals surface area contributed by atoms with Gasteiger partial charge >= 0.3 is 0 Å². The van der Waals surface area contributed by atoms with Gasteiger partial charge in [0.05, 0.1) is 0 Å². The monoisotopic (exact) mass is 162 g/mol. The van der Waals surface area contributed by atoms with Crippen LogP contribution < -0.4 is 11.1 Å². The van der Waals surface area contributed by atoms with E-state index in [1.165, 1.54) is 11.1 Å². The molecule has 0 bridgehead atoms. The normalized spacial score (nSPS) is 20.9. The van der Waals surface area contributed by atoms with E-state index in [9.17, 15) is 0 Å². The molecule has 1 aromatic carbocycles. The van der Waals surface area contributed by atoms with E-state index in [-0.39, 0.29) is 0 Å². The zero-order valence-corrected chi connectivity index (χ0v) is 7.30. The predicted octanol–water partition coefficient (Wildman–Crippen LogP) is 0.955. The average Bonchev–Trinajstić information content (AvgIpc) is 2.46. The lowest BCUT2D eigenvalue weighted by molar-refractivity contribution is 0.593. The SMILES string of the molecule is CNC1Cc2ccc(N)cc2C1. The molecule has 0 spiro atoms. The summed E-state index contributed by atoms with van der Waals surface area (Å²) in [5.74, 6) is 0. The van der Waals surface area contributed by atoms with Crippen LogP contribution in [0.15, 0.2) is 18.2 Å². The van der Waals surface area contributed by atoms with Gasteiger partial charge in [0, 0.05) is 11.7 Å². The van der Waals surface area contributed by atoms with Crippen molar-refractivity contribution >= 4 is 5.69 Å². The Balaban J connectivity index is 2.30. The van der Waals surface area contributed by atoms with Crippen molar-refractivity contribution in [3.05, 3.63) is 29.3 Å². The zero-order chi connectivity index (χ0) is 8.55. The second-order valence-corrected chi connectivity index (χ2v) is 3.42. The molecule has 0 radical (unpaired) electrons. The van der Waals surface area contributed by atoms with Crippen molar-refractivity contribution in [2.75, 3.05) is 12.8 Å². The highest BCUT2D eigenvalue weighted by molar-refractivity contribution is 5.47. The van der Waals surface area contributed by atoms with Gasteiger partial charge in [0.25, 0.3) is 0 Å². The lowest BCUT2D eigenvalue weighted by Crippen LogP contribution is -2.24. The van der Waals surface area contributed by atoms with Crippen LogP contribution in [0.5, 0.6) is 0 Å². The number of hydrogen-bond acceptors (Lipinski definition) is 2. The lowest BCUT2D eigenvalue weighted by atomic mass is 10.1. The van der Waals surface area contributed by atoms with E-state index in [2.05, 4.69) is 17.4 Å². The Bertz CT molecular complexity index is 294. The fourth-order valence-electron chi connectivity index (χ4n) is 1.84. The Morgan fingerprint density at radius 1 is 1.33 bits per heavy atom. The van der Waals surface area contributed by atoms with Crippen molar-refractivity contribution in [2.45, 2.75) is 18.9 Å². The third kappa shape index (κ3) is 1.18. The molecular weight excluding hydrogens is 148 g/mol. The van der Waals surface area contributed by atoms with Crippen LogP contribution in [-0.4, -0.2) is 13.1 Å².